The standard InChI is InChI=1S/C10H18NO/c1-2-6-11(7-3-1)10-4-8-12-9-5-10/h6,10H,1-5,7-9H2/q+1. The molecule has 0 atom stereocenters. The Bertz CT molecular complexity index is 171. The summed E-state index contributed by atoms with van der Waals surface area (Å²) >= 11 is 0. The monoisotopic (exact) mass is 168 g/mol. The van der Waals surface area contributed by atoms with Gasteiger partial charge in [0, 0.05) is 25.7 Å². The molecule has 0 saturated carbocycles. The van der Waals surface area contributed by atoms with Crippen LogP contribution in [-0.4, -0.2) is 36.6 Å². The van der Waals surface area contributed by atoms with Crippen molar-refractivity contribution in [1.82, 2.24) is 0 Å². The van der Waals surface area contributed by atoms with Gasteiger partial charge in [-0.1, -0.05) is 0 Å². The Morgan fingerprint density at radius 2 is 2.00 bits per heavy atom. The third kappa shape index (κ3) is 1.86. The summed E-state index contributed by atoms with van der Waals surface area (Å²) in [7, 11) is 0. The second-order valence-electron chi connectivity index (χ2n) is 3.76. The molecule has 2 rings (SSSR count). The van der Waals surface area contributed by atoms with Gasteiger partial charge in [-0.2, -0.15) is 0 Å². The van der Waals surface area contributed by atoms with Crippen LogP contribution in [0.5, 0.6) is 0 Å². The number of rotatable bonds is 1. The summed E-state index contributed by atoms with van der Waals surface area (Å²) in [5.41, 5.74) is 0. The molecule has 2 aliphatic heterocycles. The van der Waals surface area contributed by atoms with Crippen molar-refractivity contribution in [3.8, 4) is 0 Å². The minimum absolute atomic E-state index is 0.791. The van der Waals surface area contributed by atoms with Gasteiger partial charge in [0.1, 0.15) is 12.8 Å². The van der Waals surface area contributed by atoms with Crippen molar-refractivity contribution in [1.29, 1.82) is 0 Å². The summed E-state index contributed by atoms with van der Waals surface area (Å²) in [5.74, 6) is 0. The zero-order valence-electron chi connectivity index (χ0n) is 7.67. The second kappa shape index (κ2) is 4.04. The maximum Gasteiger partial charge on any atom is 0.156 e. The highest BCUT2D eigenvalue weighted by molar-refractivity contribution is 5.51. The third-order valence-electron chi connectivity index (χ3n) is 2.89. The fraction of sp³-hybridized carbons (Fsp3) is 0.900. The zero-order chi connectivity index (χ0) is 8.23. The molecule has 0 N–H and O–H groups in total. The van der Waals surface area contributed by atoms with Crippen molar-refractivity contribution in [2.75, 3.05) is 19.8 Å². The van der Waals surface area contributed by atoms with Crippen LogP contribution in [0.2, 0.25) is 0 Å². The van der Waals surface area contributed by atoms with Gasteiger partial charge in [-0.25, -0.2) is 4.58 Å². The Labute approximate surface area is 74.2 Å². The van der Waals surface area contributed by atoms with Crippen LogP contribution >= 0.6 is 0 Å². The van der Waals surface area contributed by atoms with Crippen molar-refractivity contribution in [3.63, 3.8) is 0 Å². The first kappa shape index (κ1) is 8.24. The van der Waals surface area contributed by atoms with Crippen LogP contribution in [0.3, 0.4) is 0 Å². The predicted octanol–water partition coefficient (Wildman–Crippen LogP) is 1.43. The first-order chi connectivity index (χ1) is 5.97. The molecule has 0 radical (unpaired) electrons. The molecule has 68 valence electrons. The Hall–Kier alpha value is -0.370. The molecule has 2 nitrogen and oxygen atoms in total. The number of hydrogen-bond donors (Lipinski definition) is 0. The van der Waals surface area contributed by atoms with Crippen molar-refractivity contribution in [2.24, 2.45) is 0 Å². The van der Waals surface area contributed by atoms with E-state index in [0.717, 1.165) is 19.3 Å². The smallest absolute Gasteiger partial charge is 0.156 e. The van der Waals surface area contributed by atoms with Gasteiger partial charge in [0.05, 0.1) is 13.2 Å². The van der Waals surface area contributed by atoms with E-state index < -0.39 is 0 Å². The second-order valence-corrected chi connectivity index (χ2v) is 3.76. The SMILES string of the molecule is C1=[N+](C2CCOCC2)CCCC1. The summed E-state index contributed by atoms with van der Waals surface area (Å²) in [4.78, 5) is 0. The van der Waals surface area contributed by atoms with E-state index in [1.54, 1.807) is 0 Å². The molecule has 0 aromatic carbocycles. The lowest BCUT2D eigenvalue weighted by atomic mass is 10.1. The van der Waals surface area contributed by atoms with Gasteiger partial charge in [-0.05, 0) is 6.42 Å². The van der Waals surface area contributed by atoms with Gasteiger partial charge in [0.25, 0.3) is 0 Å². The molecule has 0 aliphatic carbocycles. The summed E-state index contributed by atoms with van der Waals surface area (Å²) in [5, 5.41) is 0. The average molecular weight is 168 g/mol. The van der Waals surface area contributed by atoms with E-state index in [0.29, 0.717) is 0 Å². The average Bonchev–Trinajstić information content (AvgIpc) is 2.21. The van der Waals surface area contributed by atoms with E-state index in [2.05, 4.69) is 10.8 Å². The lowest BCUT2D eigenvalue weighted by Gasteiger charge is -2.22. The quantitative estimate of drug-likeness (QED) is 0.539. The molecule has 2 heterocycles. The predicted molar refractivity (Wildman–Crippen MR) is 48.9 cm³/mol. The fourth-order valence-corrected chi connectivity index (χ4v) is 2.14. The summed E-state index contributed by atoms with van der Waals surface area (Å²) in [6.07, 6.45) is 8.93. The molecule has 1 saturated heterocycles. The number of ether oxygens (including phenoxy) is 1. The molecule has 0 aromatic rings. The molecule has 2 heteroatoms. The van der Waals surface area contributed by atoms with E-state index >= 15 is 0 Å². The molecular weight excluding hydrogens is 150 g/mol. The van der Waals surface area contributed by atoms with Crippen molar-refractivity contribution in [2.45, 2.75) is 38.1 Å². The molecule has 1 fully saturated rings. The fourth-order valence-electron chi connectivity index (χ4n) is 2.14. The van der Waals surface area contributed by atoms with E-state index in [9.17, 15) is 0 Å². The molecule has 12 heavy (non-hydrogen) atoms. The third-order valence-corrected chi connectivity index (χ3v) is 2.89. The van der Waals surface area contributed by atoms with Gasteiger partial charge in [0.15, 0.2) is 6.04 Å². The van der Waals surface area contributed by atoms with Crippen molar-refractivity contribution >= 4 is 6.21 Å². The van der Waals surface area contributed by atoms with Crippen molar-refractivity contribution < 1.29 is 9.31 Å². The lowest BCUT2D eigenvalue weighted by molar-refractivity contribution is -0.572. The van der Waals surface area contributed by atoms with Gasteiger partial charge in [-0.3, -0.25) is 0 Å². The minimum atomic E-state index is 0.791. The summed E-state index contributed by atoms with van der Waals surface area (Å²) < 4.78 is 7.90. The summed E-state index contributed by atoms with van der Waals surface area (Å²) in [6, 6.07) is 0.791. The largest absolute Gasteiger partial charge is 0.381 e. The van der Waals surface area contributed by atoms with E-state index in [-0.39, 0.29) is 0 Å². The summed E-state index contributed by atoms with van der Waals surface area (Å²) in [6.45, 7) is 3.22. The first-order valence-electron chi connectivity index (χ1n) is 5.13. The van der Waals surface area contributed by atoms with Crippen LogP contribution in [0.15, 0.2) is 0 Å². The van der Waals surface area contributed by atoms with Gasteiger partial charge in [-0.15, -0.1) is 0 Å². The van der Waals surface area contributed by atoms with Gasteiger partial charge >= 0.3 is 0 Å². The highest BCUT2D eigenvalue weighted by Crippen LogP contribution is 2.13. The van der Waals surface area contributed by atoms with Gasteiger partial charge < -0.3 is 4.74 Å². The molecular formula is C10H18NO+. The Kier molecular flexibility index (Phi) is 2.77. The van der Waals surface area contributed by atoms with Crippen molar-refractivity contribution in [3.05, 3.63) is 0 Å². The highest BCUT2D eigenvalue weighted by Gasteiger charge is 2.24. The Morgan fingerprint density at radius 1 is 1.17 bits per heavy atom. The molecule has 0 amide bonds. The normalized spacial score (nSPS) is 26.8. The first-order valence-corrected chi connectivity index (χ1v) is 5.13. The molecule has 0 bridgehead atoms. The maximum absolute atomic E-state index is 5.35. The van der Waals surface area contributed by atoms with Crippen LogP contribution in [0.25, 0.3) is 0 Å². The van der Waals surface area contributed by atoms with Crippen LogP contribution in [0, 0.1) is 0 Å². The molecule has 0 unspecified atom stereocenters. The van der Waals surface area contributed by atoms with E-state index in [4.69, 9.17) is 4.74 Å². The molecule has 0 spiro atoms. The molecule has 0 aromatic heterocycles. The maximum atomic E-state index is 5.35. The van der Waals surface area contributed by atoms with Gasteiger partial charge in [0.2, 0.25) is 0 Å². The lowest BCUT2D eigenvalue weighted by Crippen LogP contribution is -2.35. The van der Waals surface area contributed by atoms with E-state index in [1.807, 2.05) is 0 Å². The van der Waals surface area contributed by atoms with Crippen LogP contribution in [-0.2, 0) is 4.74 Å². The number of hydrogen-bond acceptors (Lipinski definition) is 1. The zero-order valence-corrected chi connectivity index (χ0v) is 7.67. The topological polar surface area (TPSA) is 12.2 Å². The van der Waals surface area contributed by atoms with Crippen LogP contribution in [0.1, 0.15) is 32.1 Å². The Morgan fingerprint density at radius 3 is 2.67 bits per heavy atom. The Balaban J connectivity index is 1.92. The highest BCUT2D eigenvalue weighted by atomic mass is 16.5. The molecule has 2 aliphatic rings. The minimum Gasteiger partial charge on any atom is -0.381 e. The van der Waals surface area contributed by atoms with E-state index in [1.165, 1.54) is 38.6 Å². The van der Waals surface area contributed by atoms with Crippen LogP contribution in [0.4, 0.5) is 0 Å². The number of nitrogens with zero attached hydrogens (tertiary/aromatic N) is 1. The van der Waals surface area contributed by atoms with Crippen LogP contribution < -0.4 is 0 Å².